The number of fused-ring (bicyclic) bond motifs is 10. The number of aryl methyl sites for hydroxylation is 1. The largest absolute Gasteiger partial charge is 0.460 e. The number of allylic oxidation sites excluding steroid dienone is 1. The molecule has 228 valence electrons. The fourth-order valence-corrected chi connectivity index (χ4v) is 8.23. The fourth-order valence-electron chi connectivity index (χ4n) is 8.23. The van der Waals surface area contributed by atoms with E-state index in [4.69, 9.17) is 14.4 Å². The second-order valence-corrected chi connectivity index (χ2v) is 13.2. The van der Waals surface area contributed by atoms with Crippen LogP contribution in [0.1, 0.15) is 17.7 Å². The summed E-state index contributed by atoms with van der Waals surface area (Å²) < 4.78 is 6.52. The van der Waals surface area contributed by atoms with Crippen LogP contribution in [0.4, 0.5) is 0 Å². The van der Waals surface area contributed by atoms with Crippen molar-refractivity contribution in [1.29, 1.82) is 0 Å². The summed E-state index contributed by atoms with van der Waals surface area (Å²) in [7, 11) is 0. The number of furan rings is 1. The zero-order valence-electron chi connectivity index (χ0n) is 26.6. The Hall–Kier alpha value is -6.32. The molecule has 0 aliphatic heterocycles. The number of aromatic nitrogens is 2. The molecule has 0 atom stereocenters. The molecule has 0 radical (unpaired) electrons. The molecule has 9 aromatic rings. The lowest BCUT2D eigenvalue weighted by Gasteiger charge is -2.13. The smallest absolute Gasteiger partial charge is 0.161 e. The fraction of sp³-hybridized carbons (Fsp3) is 0.0435. The number of hydrogen-bond donors (Lipinski definition) is 0. The normalized spacial score (nSPS) is 13.1. The van der Waals surface area contributed by atoms with Crippen LogP contribution in [0, 0.1) is 0 Å². The van der Waals surface area contributed by atoms with Gasteiger partial charge in [-0.3, -0.25) is 0 Å². The SMILES string of the molecule is C1=Cc2c(oc3cc4c5c(cccc5c23)-c2ccc(-c3cc(-c5ccccc5)nc(-c5cc6ccccc6c6ccccc56)n3)cc2-4)CC1. The quantitative estimate of drug-likeness (QED) is 0.184. The minimum atomic E-state index is 0.722. The molecule has 0 fully saturated rings. The highest BCUT2D eigenvalue weighted by atomic mass is 16.3. The summed E-state index contributed by atoms with van der Waals surface area (Å²) in [6, 6.07) is 47.8. The van der Waals surface area contributed by atoms with Crippen molar-refractivity contribution in [2.75, 3.05) is 0 Å². The maximum absolute atomic E-state index is 6.52. The summed E-state index contributed by atoms with van der Waals surface area (Å²) in [5, 5.41) is 8.56. The lowest BCUT2D eigenvalue weighted by atomic mass is 9.95. The zero-order chi connectivity index (χ0) is 32.1. The Labute approximate surface area is 282 Å². The number of nitrogens with zero attached hydrogens (tertiary/aromatic N) is 2. The first kappa shape index (κ1) is 26.7. The minimum Gasteiger partial charge on any atom is -0.460 e. The monoisotopic (exact) mass is 624 g/mol. The van der Waals surface area contributed by atoms with Gasteiger partial charge in [-0.25, -0.2) is 9.97 Å². The van der Waals surface area contributed by atoms with Crippen LogP contribution < -0.4 is 0 Å². The molecule has 7 aromatic carbocycles. The third-order valence-corrected chi connectivity index (χ3v) is 10.5. The number of hydrogen-bond acceptors (Lipinski definition) is 3. The molecule has 0 spiro atoms. The summed E-state index contributed by atoms with van der Waals surface area (Å²) in [6.45, 7) is 0. The first-order valence-corrected chi connectivity index (χ1v) is 17.0. The molecule has 49 heavy (non-hydrogen) atoms. The maximum atomic E-state index is 6.52. The van der Waals surface area contributed by atoms with E-state index in [0.29, 0.717) is 0 Å². The lowest BCUT2D eigenvalue weighted by molar-refractivity contribution is 0.546. The molecule has 3 nitrogen and oxygen atoms in total. The van der Waals surface area contributed by atoms with Gasteiger partial charge in [-0.2, -0.15) is 0 Å². The predicted molar refractivity (Wildman–Crippen MR) is 202 cm³/mol. The molecule has 2 aliphatic rings. The van der Waals surface area contributed by atoms with Crippen molar-refractivity contribution in [2.45, 2.75) is 12.8 Å². The van der Waals surface area contributed by atoms with E-state index < -0.39 is 0 Å². The van der Waals surface area contributed by atoms with Crippen LogP contribution in [0.15, 0.2) is 144 Å². The van der Waals surface area contributed by atoms with E-state index in [1.807, 2.05) is 6.07 Å². The van der Waals surface area contributed by atoms with Crippen LogP contribution in [0.3, 0.4) is 0 Å². The first-order valence-electron chi connectivity index (χ1n) is 17.0. The third kappa shape index (κ3) is 3.90. The van der Waals surface area contributed by atoms with Crippen LogP contribution in [-0.2, 0) is 6.42 Å². The molecule has 2 aliphatic carbocycles. The van der Waals surface area contributed by atoms with Gasteiger partial charge in [0.05, 0.1) is 11.4 Å². The van der Waals surface area contributed by atoms with E-state index in [0.717, 1.165) is 63.5 Å². The Kier molecular flexibility index (Phi) is 5.50. The van der Waals surface area contributed by atoms with E-state index >= 15 is 0 Å². The highest BCUT2D eigenvalue weighted by Crippen LogP contribution is 2.52. The van der Waals surface area contributed by atoms with Gasteiger partial charge in [0.15, 0.2) is 5.82 Å². The third-order valence-electron chi connectivity index (χ3n) is 10.5. The average Bonchev–Trinajstić information content (AvgIpc) is 3.71. The molecule has 0 saturated heterocycles. The summed E-state index contributed by atoms with van der Waals surface area (Å²) in [6.07, 6.45) is 6.48. The van der Waals surface area contributed by atoms with Crippen molar-refractivity contribution in [3.05, 3.63) is 151 Å². The summed E-state index contributed by atoms with van der Waals surface area (Å²) in [5.74, 6) is 1.82. The van der Waals surface area contributed by atoms with Crippen LogP contribution in [-0.4, -0.2) is 9.97 Å². The van der Waals surface area contributed by atoms with Crippen molar-refractivity contribution in [2.24, 2.45) is 0 Å². The van der Waals surface area contributed by atoms with Crippen molar-refractivity contribution in [3.8, 4) is 56.2 Å². The van der Waals surface area contributed by atoms with Gasteiger partial charge in [0.2, 0.25) is 0 Å². The van der Waals surface area contributed by atoms with Crippen molar-refractivity contribution < 1.29 is 4.42 Å². The molecule has 0 N–H and O–H groups in total. The van der Waals surface area contributed by atoms with Gasteiger partial charge in [-0.05, 0) is 85.3 Å². The molecule has 2 heterocycles. The van der Waals surface area contributed by atoms with Gasteiger partial charge in [-0.15, -0.1) is 0 Å². The second-order valence-electron chi connectivity index (χ2n) is 13.2. The van der Waals surface area contributed by atoms with Crippen LogP contribution in [0.2, 0.25) is 0 Å². The van der Waals surface area contributed by atoms with Gasteiger partial charge >= 0.3 is 0 Å². The van der Waals surface area contributed by atoms with Crippen molar-refractivity contribution in [3.63, 3.8) is 0 Å². The van der Waals surface area contributed by atoms with Crippen LogP contribution in [0.25, 0.3) is 106 Å². The first-order chi connectivity index (χ1) is 24.3. The highest BCUT2D eigenvalue weighted by Gasteiger charge is 2.27. The summed E-state index contributed by atoms with van der Waals surface area (Å²) >= 11 is 0. The molecule has 0 unspecified atom stereocenters. The highest BCUT2D eigenvalue weighted by molar-refractivity contribution is 6.24. The lowest BCUT2D eigenvalue weighted by Crippen LogP contribution is -1.97. The van der Waals surface area contributed by atoms with E-state index in [-0.39, 0.29) is 0 Å². The van der Waals surface area contributed by atoms with Gasteiger partial charge in [0.25, 0.3) is 0 Å². The zero-order valence-corrected chi connectivity index (χ0v) is 26.6. The average molecular weight is 625 g/mol. The Morgan fingerprint density at radius 1 is 0.490 bits per heavy atom. The molecule has 2 aromatic heterocycles. The van der Waals surface area contributed by atoms with Gasteiger partial charge in [-0.1, -0.05) is 121 Å². The minimum absolute atomic E-state index is 0.722. The Morgan fingerprint density at radius 2 is 1.27 bits per heavy atom. The molecule has 11 rings (SSSR count). The summed E-state index contributed by atoms with van der Waals surface area (Å²) in [5.41, 5.74) is 12.1. The molecule has 0 saturated carbocycles. The molecule has 3 heteroatoms. The molecule has 0 amide bonds. The van der Waals surface area contributed by atoms with Gasteiger partial charge in [0, 0.05) is 34.1 Å². The van der Waals surface area contributed by atoms with E-state index in [1.165, 1.54) is 60.1 Å². The second kappa shape index (κ2) is 10.1. The predicted octanol–water partition coefficient (Wildman–Crippen LogP) is 12.3. The van der Waals surface area contributed by atoms with Gasteiger partial charge < -0.3 is 4.42 Å². The van der Waals surface area contributed by atoms with E-state index in [1.54, 1.807) is 0 Å². The van der Waals surface area contributed by atoms with Gasteiger partial charge in [0.1, 0.15) is 11.3 Å². The van der Waals surface area contributed by atoms with Crippen LogP contribution in [0.5, 0.6) is 0 Å². The Balaban J connectivity index is 1.15. The van der Waals surface area contributed by atoms with Crippen molar-refractivity contribution in [1.82, 2.24) is 9.97 Å². The van der Waals surface area contributed by atoms with Crippen molar-refractivity contribution >= 4 is 49.4 Å². The van der Waals surface area contributed by atoms with E-state index in [2.05, 4.69) is 140 Å². The summed E-state index contributed by atoms with van der Waals surface area (Å²) in [4.78, 5) is 10.6. The molecular formula is C46H28N2O. The Morgan fingerprint density at radius 3 is 2.16 bits per heavy atom. The molecular weight excluding hydrogens is 597 g/mol. The maximum Gasteiger partial charge on any atom is 0.161 e. The topological polar surface area (TPSA) is 38.9 Å². The van der Waals surface area contributed by atoms with Crippen LogP contribution >= 0.6 is 0 Å². The standard InChI is InChI=1S/C46H28N2O/c1-2-11-27(12-3-1)40-26-41(48-46(47-40)39-23-28-13-4-5-14-30(28)31-15-6-7-16-32(31)39)29-21-22-33-34-18-10-19-36-44(34)38(37(33)24-29)25-43-45(36)35-17-8-9-20-42(35)49-43/h1-8,10-19,21-26H,9,20H2. The number of rotatable bonds is 3. The molecule has 0 bridgehead atoms. The van der Waals surface area contributed by atoms with E-state index in [9.17, 15) is 0 Å². The number of benzene rings is 7. The Bertz CT molecular complexity index is 2880.